The molecule has 0 amide bonds. The summed E-state index contributed by atoms with van der Waals surface area (Å²) in [5.74, 6) is 1.52. The normalized spacial score (nSPS) is 15.0. The Morgan fingerprint density at radius 2 is 2.11 bits per heavy atom. The molecule has 4 aromatic heterocycles. The number of methoxy groups -OCH3 is 1. The van der Waals surface area contributed by atoms with Gasteiger partial charge in [-0.1, -0.05) is 0 Å². The molecule has 36 heavy (non-hydrogen) atoms. The lowest BCUT2D eigenvalue weighted by Crippen LogP contribution is -2.18. The zero-order chi connectivity index (χ0) is 26.9. The largest absolute Gasteiger partial charge is 0.491 e. The van der Waals surface area contributed by atoms with Crippen LogP contribution in [0.2, 0.25) is 2.82 Å². The Morgan fingerprint density at radius 1 is 1.19 bits per heavy atom. The summed E-state index contributed by atoms with van der Waals surface area (Å²) >= 11 is 0. The highest BCUT2D eigenvalue weighted by atomic mass is 16.5. The van der Waals surface area contributed by atoms with E-state index in [0.29, 0.717) is 79.7 Å². The summed E-state index contributed by atoms with van der Waals surface area (Å²) in [5, 5.41) is 9.52. The Balaban J connectivity index is 1.23. The van der Waals surface area contributed by atoms with Crippen molar-refractivity contribution in [1.82, 2.24) is 29.4 Å². The average Bonchev–Trinajstić information content (AvgIpc) is 3.73. The van der Waals surface area contributed by atoms with E-state index in [4.69, 9.17) is 18.1 Å². The van der Waals surface area contributed by atoms with Gasteiger partial charge in [0.25, 0.3) is 0 Å². The number of furan rings is 1. The molecule has 2 N–H and O–H groups in total. The molecular weight excluding hydrogens is 462 g/mol. The number of benzene rings is 1. The number of ether oxygens (including phenoxy) is 2. The maximum absolute atomic E-state index is 8.72. The molecule has 0 aliphatic carbocycles. The van der Waals surface area contributed by atoms with Crippen molar-refractivity contribution in [2.24, 2.45) is 0 Å². The predicted octanol–water partition coefficient (Wildman–Crippen LogP) is 1.90. The summed E-state index contributed by atoms with van der Waals surface area (Å²) in [6.45, 7) is 3.36. The Hall–Kier alpha value is -4.45. The van der Waals surface area contributed by atoms with E-state index in [1.54, 1.807) is 30.1 Å². The standard InChI is InChI=1S/C24H26N9O3/c1-34-13-14-35-18-6-4-17(5-7-18)31-10-8-30(16-31)9-11-32-22-19(15-26-32)23-27-21(20-3-2-12-36-20)29-33(23)24(25)28-22/h2-7,12,15-16H,8-11,13-14H2,1H3,(H2,25,28)/q+1/i16D/hD2. The number of aromatic nitrogens is 6. The molecule has 0 fully saturated rings. The highest BCUT2D eigenvalue weighted by Gasteiger charge is 2.22. The van der Waals surface area contributed by atoms with Crippen molar-refractivity contribution in [1.29, 1.82) is 0 Å². The van der Waals surface area contributed by atoms with Crippen molar-refractivity contribution in [2.75, 3.05) is 50.6 Å². The van der Waals surface area contributed by atoms with Gasteiger partial charge in [-0.3, -0.25) is 4.58 Å². The molecule has 0 spiro atoms. The van der Waals surface area contributed by atoms with Crippen LogP contribution in [-0.4, -0.2) is 80.2 Å². The molecule has 1 aliphatic rings. The van der Waals surface area contributed by atoms with Crippen molar-refractivity contribution in [2.45, 2.75) is 6.54 Å². The molecule has 6 rings (SSSR count). The monoisotopic (exact) mass is 491 g/mol. The quantitative estimate of drug-likeness (QED) is 0.230. The van der Waals surface area contributed by atoms with Crippen molar-refractivity contribution in [3.8, 4) is 17.3 Å². The number of amidine groups is 1. The van der Waals surface area contributed by atoms with Crippen LogP contribution in [0.3, 0.4) is 0 Å². The fourth-order valence-electron chi connectivity index (χ4n) is 4.12. The zero-order valence-corrected chi connectivity index (χ0v) is 19.6. The number of anilines is 2. The van der Waals surface area contributed by atoms with Crippen LogP contribution in [0.5, 0.6) is 5.75 Å². The first-order chi connectivity index (χ1) is 19.0. The van der Waals surface area contributed by atoms with Gasteiger partial charge in [0.1, 0.15) is 37.7 Å². The smallest absolute Gasteiger partial charge is 0.239 e. The third kappa shape index (κ3) is 4.11. The number of nitrogens with zero attached hydrogens (tertiary/aromatic N) is 8. The summed E-state index contributed by atoms with van der Waals surface area (Å²) in [5.41, 5.74) is 2.22. The zero-order valence-electron chi connectivity index (χ0n) is 22.6. The highest BCUT2D eigenvalue weighted by molar-refractivity contribution is 5.90. The maximum Gasteiger partial charge on any atom is 0.239 e. The minimum Gasteiger partial charge on any atom is -0.491 e. The van der Waals surface area contributed by atoms with Gasteiger partial charge in [0, 0.05) is 7.11 Å². The number of nitrogens with two attached hydrogens (primary N) is 1. The lowest BCUT2D eigenvalue weighted by Gasteiger charge is -2.08. The van der Waals surface area contributed by atoms with Gasteiger partial charge in [-0.25, -0.2) is 14.6 Å². The van der Waals surface area contributed by atoms with Gasteiger partial charge < -0.3 is 19.6 Å². The molecule has 12 heteroatoms. The second kappa shape index (κ2) is 9.30. The molecule has 0 bridgehead atoms. The third-order valence-corrected chi connectivity index (χ3v) is 5.94. The van der Waals surface area contributed by atoms with E-state index in [9.17, 15) is 0 Å². The molecule has 184 valence electrons. The van der Waals surface area contributed by atoms with E-state index in [-0.39, 0.29) is 5.95 Å². The van der Waals surface area contributed by atoms with Gasteiger partial charge in [0.2, 0.25) is 18.1 Å². The topological polar surface area (TPSA) is 125 Å². The van der Waals surface area contributed by atoms with Crippen molar-refractivity contribution < 1.29 is 22.7 Å². The Bertz CT molecular complexity index is 1630. The number of hydrogen-bond acceptors (Lipinski definition) is 9. The predicted molar refractivity (Wildman–Crippen MR) is 133 cm³/mol. The molecular formula is C24H26N9O3+. The average molecular weight is 492 g/mol. The van der Waals surface area contributed by atoms with Gasteiger partial charge in [-0.15, -0.1) is 5.10 Å². The fourth-order valence-corrected chi connectivity index (χ4v) is 4.12. The van der Waals surface area contributed by atoms with Crippen LogP contribution >= 0.6 is 0 Å². The minimum atomic E-state index is -0.0284. The Morgan fingerprint density at radius 3 is 2.92 bits per heavy atom. The van der Waals surface area contributed by atoms with Gasteiger partial charge in [-0.2, -0.15) is 14.6 Å². The van der Waals surface area contributed by atoms with E-state index in [1.807, 2.05) is 33.7 Å². The van der Waals surface area contributed by atoms with Crippen molar-refractivity contribution >= 4 is 34.6 Å². The molecule has 12 nitrogen and oxygen atoms in total. The van der Waals surface area contributed by atoms with Crippen LogP contribution in [0.15, 0.2) is 53.3 Å². The second-order valence-corrected chi connectivity index (χ2v) is 8.24. The highest BCUT2D eigenvalue weighted by Crippen LogP contribution is 2.24. The third-order valence-electron chi connectivity index (χ3n) is 5.94. The van der Waals surface area contributed by atoms with Crippen LogP contribution in [-0.2, 0) is 11.3 Å². The first-order valence-corrected chi connectivity index (χ1v) is 11.6. The van der Waals surface area contributed by atoms with E-state index in [2.05, 4.69) is 20.2 Å². The van der Waals surface area contributed by atoms with Crippen LogP contribution in [0, 0.1) is 0 Å². The summed E-state index contributed by atoms with van der Waals surface area (Å²) in [4.78, 5) is 11.0. The molecule has 0 atom stereocenters. The van der Waals surface area contributed by atoms with Gasteiger partial charge in [-0.05, 0) is 36.4 Å². The minimum absolute atomic E-state index is 0.0284. The SMILES string of the molecule is [2H]C1=[N+](CCn2ncc3c2nc(N([2H])[2H])n2nc(-c4ccco4)nc32)CCN1c1ccc(OCCOC)cc1. The molecule has 5 aromatic rings. The van der Waals surface area contributed by atoms with Crippen LogP contribution in [0.25, 0.3) is 28.3 Å². The number of fused-ring (bicyclic) bond motifs is 3. The van der Waals surface area contributed by atoms with Crippen LogP contribution in [0.4, 0.5) is 11.6 Å². The molecule has 0 radical (unpaired) electrons. The van der Waals surface area contributed by atoms with E-state index >= 15 is 0 Å². The van der Waals surface area contributed by atoms with Crippen molar-refractivity contribution in [3.05, 3.63) is 48.9 Å². The Labute approximate surface area is 210 Å². The van der Waals surface area contributed by atoms with E-state index in [1.165, 1.54) is 10.8 Å². The summed E-state index contributed by atoms with van der Waals surface area (Å²) in [6.07, 6.45) is 3.58. The van der Waals surface area contributed by atoms with Gasteiger partial charge in [0.05, 0.1) is 31.0 Å². The lowest BCUT2D eigenvalue weighted by atomic mass is 10.3. The molecule has 0 saturated heterocycles. The number of rotatable bonds is 10. The lowest BCUT2D eigenvalue weighted by molar-refractivity contribution is -0.515. The van der Waals surface area contributed by atoms with Gasteiger partial charge >= 0.3 is 0 Å². The molecule has 0 saturated carbocycles. The van der Waals surface area contributed by atoms with Gasteiger partial charge in [0.15, 0.2) is 21.2 Å². The molecule has 0 unspecified atom stereocenters. The van der Waals surface area contributed by atoms with Crippen LogP contribution < -0.4 is 15.4 Å². The first-order valence-electron chi connectivity index (χ1n) is 12.9. The molecule has 5 heterocycles. The second-order valence-electron chi connectivity index (χ2n) is 8.24. The van der Waals surface area contributed by atoms with Crippen LogP contribution in [0.1, 0.15) is 1.37 Å². The molecule has 1 aromatic carbocycles. The summed E-state index contributed by atoms with van der Waals surface area (Å²) < 4.78 is 45.5. The maximum atomic E-state index is 8.72. The first kappa shape index (κ1) is 18.8. The summed E-state index contributed by atoms with van der Waals surface area (Å²) in [7, 11) is 1.64. The number of hydrogen-bond donors (Lipinski definition) is 1. The fraction of sp³-hybridized carbons (Fsp3) is 0.292. The Kier molecular flexibility index (Phi) is 4.86. The van der Waals surface area contributed by atoms with E-state index < -0.39 is 0 Å². The van der Waals surface area contributed by atoms with Crippen molar-refractivity contribution in [3.63, 3.8) is 0 Å². The number of nitrogen functional groups attached to an aromatic ring is 1. The summed E-state index contributed by atoms with van der Waals surface area (Å²) in [6, 6.07) is 11.2. The van der Waals surface area contributed by atoms with E-state index in [0.717, 1.165) is 11.4 Å². The molecule has 1 aliphatic heterocycles.